The van der Waals surface area contributed by atoms with Crippen molar-refractivity contribution >= 4 is 17.9 Å². The highest BCUT2D eigenvalue weighted by Crippen LogP contribution is 2.65. The number of fused-ring (bicyclic) bond motifs is 5. The normalized spacial score (nSPS) is 24.7. The Hall–Kier alpha value is -4.19. The van der Waals surface area contributed by atoms with Crippen LogP contribution in [0.4, 0.5) is 9.18 Å². The van der Waals surface area contributed by atoms with Gasteiger partial charge in [0.05, 0.1) is 6.07 Å². The maximum atomic E-state index is 15.2. The molecule has 6 rings (SSSR count). The number of hydrogen-bond donors (Lipinski definition) is 2. The van der Waals surface area contributed by atoms with E-state index in [4.69, 9.17) is 4.74 Å². The van der Waals surface area contributed by atoms with Gasteiger partial charge in [0.25, 0.3) is 5.91 Å². The second kappa shape index (κ2) is 9.19. The summed E-state index contributed by atoms with van der Waals surface area (Å²) in [5.74, 6) is -0.453. The lowest BCUT2D eigenvalue weighted by Crippen LogP contribution is -2.53. The minimum atomic E-state index is -0.977. The number of rotatable bonds is 5. The van der Waals surface area contributed by atoms with Crippen LogP contribution < -0.4 is 10.6 Å². The predicted octanol–water partition coefficient (Wildman–Crippen LogP) is 4.45. The number of likely N-dealkylation sites (tertiary alicyclic amines) is 1. The van der Waals surface area contributed by atoms with Crippen LogP contribution in [0.3, 0.4) is 0 Å². The zero-order chi connectivity index (χ0) is 28.5. The Morgan fingerprint density at radius 3 is 2.65 bits per heavy atom. The maximum Gasteiger partial charge on any atom is 0.415 e. The van der Waals surface area contributed by atoms with Crippen molar-refractivity contribution in [2.24, 2.45) is 17.8 Å². The molecule has 0 radical (unpaired) electrons. The lowest BCUT2D eigenvalue weighted by atomic mass is 9.93. The molecule has 5 atom stereocenters. The molecule has 2 N–H and O–H groups in total. The van der Waals surface area contributed by atoms with Gasteiger partial charge in [-0.2, -0.15) is 5.26 Å². The van der Waals surface area contributed by atoms with Crippen molar-refractivity contribution in [2.75, 3.05) is 0 Å². The first kappa shape index (κ1) is 26.1. The fraction of sp³-hybridized carbons (Fsp3) is 0.419. The molecule has 2 fully saturated rings. The fourth-order valence-corrected chi connectivity index (χ4v) is 6.61. The summed E-state index contributed by atoms with van der Waals surface area (Å²) in [6, 6.07) is 10.5. The SMILES string of the molecule is C[C@@H]1C2=C3C[C@H](C21)[C@@H](C(=O)N[C@H](C#N)Cc1ccc(-c2ccc4c(c2)CNC4=O)cc1F)N3C(=O)OC(C)(C)C. The number of nitrogens with zero attached hydrogens (tertiary/aromatic N) is 2. The number of nitrogens with one attached hydrogen (secondary N) is 2. The van der Waals surface area contributed by atoms with Crippen molar-refractivity contribution in [3.05, 3.63) is 70.2 Å². The van der Waals surface area contributed by atoms with Crippen molar-refractivity contribution in [3.8, 4) is 17.2 Å². The third-order valence-corrected chi connectivity index (χ3v) is 8.41. The van der Waals surface area contributed by atoms with Gasteiger partial charge in [-0.1, -0.05) is 25.1 Å². The summed E-state index contributed by atoms with van der Waals surface area (Å²) >= 11 is 0. The number of nitriles is 1. The summed E-state index contributed by atoms with van der Waals surface area (Å²) in [5.41, 5.74) is 4.61. The molecule has 2 aromatic carbocycles. The molecular formula is C31H31FN4O4. The smallest absolute Gasteiger partial charge is 0.415 e. The van der Waals surface area contributed by atoms with Gasteiger partial charge in [0.1, 0.15) is 23.5 Å². The van der Waals surface area contributed by atoms with Crippen molar-refractivity contribution in [1.82, 2.24) is 15.5 Å². The minimum Gasteiger partial charge on any atom is -0.443 e. The van der Waals surface area contributed by atoms with Gasteiger partial charge in [-0.25, -0.2) is 9.18 Å². The van der Waals surface area contributed by atoms with E-state index < -0.39 is 35.5 Å². The molecule has 0 aromatic heterocycles. The molecule has 2 aromatic rings. The molecule has 1 unspecified atom stereocenters. The van der Waals surface area contributed by atoms with Crippen LogP contribution in [0.15, 0.2) is 47.7 Å². The molecule has 1 saturated heterocycles. The van der Waals surface area contributed by atoms with E-state index in [9.17, 15) is 19.6 Å². The summed E-state index contributed by atoms with van der Waals surface area (Å²) < 4.78 is 20.8. The maximum absolute atomic E-state index is 15.2. The molecule has 0 spiro atoms. The van der Waals surface area contributed by atoms with Gasteiger partial charge in [0.15, 0.2) is 0 Å². The Bertz CT molecular complexity index is 1530. The monoisotopic (exact) mass is 542 g/mol. The molecule has 2 aliphatic heterocycles. The molecule has 2 heterocycles. The summed E-state index contributed by atoms with van der Waals surface area (Å²) in [7, 11) is 0. The summed E-state index contributed by atoms with van der Waals surface area (Å²) in [6.07, 6.45) is 0.0632. The molecule has 8 nitrogen and oxygen atoms in total. The molecule has 3 amide bonds. The first-order valence-electron chi connectivity index (χ1n) is 13.6. The average molecular weight is 543 g/mol. The highest BCUT2D eigenvalue weighted by molar-refractivity contribution is 5.99. The van der Waals surface area contributed by atoms with E-state index in [0.717, 1.165) is 16.8 Å². The molecule has 206 valence electrons. The number of ether oxygens (including phenoxy) is 1. The number of benzene rings is 2. The minimum absolute atomic E-state index is 0.0193. The van der Waals surface area contributed by atoms with E-state index in [0.29, 0.717) is 35.6 Å². The standard InChI is InChI=1S/C31H31FN4O4/c1-15-25-22-12-24(26(15)25)36(30(39)40-31(2,3)4)27(22)29(38)35-20(13-33)10-18-6-5-17(11-23(18)32)16-7-8-21-19(9-16)14-34-28(21)37/h5-9,11,15,20,22,25,27H,10,12,14H2,1-4H3,(H,34,37)(H,35,38)/t15-,20-,22+,25?,27-/m0/s1. The first-order valence-corrected chi connectivity index (χ1v) is 13.6. The van der Waals surface area contributed by atoms with Crippen LogP contribution in [0.1, 0.15) is 55.6 Å². The largest absolute Gasteiger partial charge is 0.443 e. The Morgan fingerprint density at radius 1 is 1.23 bits per heavy atom. The van der Waals surface area contributed by atoms with Crippen LogP contribution in [-0.4, -0.2) is 40.5 Å². The zero-order valence-electron chi connectivity index (χ0n) is 22.9. The van der Waals surface area contributed by atoms with E-state index in [-0.39, 0.29) is 24.2 Å². The molecule has 4 aliphatic rings. The second-order valence-corrected chi connectivity index (χ2v) is 12.1. The van der Waals surface area contributed by atoms with E-state index in [1.54, 1.807) is 45.0 Å². The van der Waals surface area contributed by atoms with Gasteiger partial charge in [0.2, 0.25) is 5.91 Å². The lowest BCUT2D eigenvalue weighted by Gasteiger charge is -2.32. The van der Waals surface area contributed by atoms with Gasteiger partial charge in [-0.15, -0.1) is 0 Å². The summed E-state index contributed by atoms with van der Waals surface area (Å²) in [4.78, 5) is 39.9. The Labute approximate surface area is 232 Å². The van der Waals surface area contributed by atoms with Gasteiger partial charge in [-0.05, 0) is 85.1 Å². The highest BCUT2D eigenvalue weighted by atomic mass is 19.1. The van der Waals surface area contributed by atoms with Crippen molar-refractivity contribution in [1.29, 1.82) is 5.26 Å². The van der Waals surface area contributed by atoms with E-state index in [2.05, 4.69) is 23.6 Å². The van der Waals surface area contributed by atoms with Crippen LogP contribution in [0, 0.1) is 34.9 Å². The fourth-order valence-electron chi connectivity index (χ4n) is 6.61. The van der Waals surface area contributed by atoms with Crippen LogP contribution >= 0.6 is 0 Å². The summed E-state index contributed by atoms with van der Waals surface area (Å²) in [6.45, 7) is 7.88. The number of carbonyl (C=O) groups excluding carboxylic acids is 3. The van der Waals surface area contributed by atoms with E-state index in [1.807, 2.05) is 6.07 Å². The first-order chi connectivity index (χ1) is 19.0. The van der Waals surface area contributed by atoms with Crippen LogP contribution in [-0.2, 0) is 22.5 Å². The Morgan fingerprint density at radius 2 is 1.95 bits per heavy atom. The van der Waals surface area contributed by atoms with Crippen molar-refractivity contribution in [3.63, 3.8) is 0 Å². The Kier molecular flexibility index (Phi) is 5.98. The van der Waals surface area contributed by atoms with E-state index in [1.165, 1.54) is 16.5 Å². The predicted molar refractivity (Wildman–Crippen MR) is 144 cm³/mol. The number of halogens is 1. The van der Waals surface area contributed by atoms with Gasteiger partial charge in [-0.3, -0.25) is 14.5 Å². The molecule has 9 heteroatoms. The van der Waals surface area contributed by atoms with Crippen molar-refractivity contribution in [2.45, 2.75) is 64.8 Å². The number of allylic oxidation sites excluding steroid dienone is 2. The van der Waals surface area contributed by atoms with E-state index >= 15 is 4.39 Å². The third-order valence-electron chi connectivity index (χ3n) is 8.41. The van der Waals surface area contributed by atoms with Gasteiger partial charge < -0.3 is 15.4 Å². The molecule has 40 heavy (non-hydrogen) atoms. The topological polar surface area (TPSA) is 112 Å². The number of amides is 3. The molecular weight excluding hydrogens is 511 g/mol. The molecule has 2 bridgehead atoms. The second-order valence-electron chi connectivity index (χ2n) is 12.1. The van der Waals surface area contributed by atoms with Crippen LogP contribution in [0.25, 0.3) is 11.1 Å². The molecule has 2 aliphatic carbocycles. The van der Waals surface area contributed by atoms with Crippen LogP contribution in [0.2, 0.25) is 0 Å². The average Bonchev–Trinajstić information content (AvgIpc) is 3.21. The quantitative estimate of drug-likeness (QED) is 0.580. The lowest BCUT2D eigenvalue weighted by molar-refractivity contribution is -0.127. The third kappa shape index (κ3) is 4.32. The van der Waals surface area contributed by atoms with Gasteiger partial charge in [0, 0.05) is 30.1 Å². The zero-order valence-corrected chi connectivity index (χ0v) is 22.9. The number of carbonyl (C=O) groups is 3. The summed E-state index contributed by atoms with van der Waals surface area (Å²) in [5, 5.41) is 15.4. The number of hydrogen-bond acceptors (Lipinski definition) is 5. The van der Waals surface area contributed by atoms with Gasteiger partial charge >= 0.3 is 6.09 Å². The van der Waals surface area contributed by atoms with Crippen LogP contribution in [0.5, 0.6) is 0 Å². The highest BCUT2D eigenvalue weighted by Gasteiger charge is 2.65. The van der Waals surface area contributed by atoms with Crippen molar-refractivity contribution < 1.29 is 23.5 Å². The molecule has 1 saturated carbocycles. The Balaban J connectivity index is 1.17.